The SMILES string of the molecule is CCc1cc(NOC(=O)C(F)(F)F)c(OC)cc1N1CCC(CN2CCNCC2)CC1. The molecule has 0 saturated carbocycles. The quantitative estimate of drug-likeness (QED) is 0.627. The molecule has 0 aliphatic carbocycles. The van der Waals surface area contributed by atoms with Gasteiger partial charge < -0.3 is 24.7 Å². The van der Waals surface area contributed by atoms with Crippen LogP contribution in [0.1, 0.15) is 25.3 Å². The van der Waals surface area contributed by atoms with Crippen LogP contribution >= 0.6 is 0 Å². The van der Waals surface area contributed by atoms with E-state index in [0.717, 1.165) is 69.9 Å². The van der Waals surface area contributed by atoms with E-state index in [1.807, 2.05) is 6.92 Å². The Bertz CT molecular complexity index is 746. The van der Waals surface area contributed by atoms with Gasteiger partial charge in [0, 0.05) is 57.6 Å². The fourth-order valence-corrected chi connectivity index (χ4v) is 4.21. The van der Waals surface area contributed by atoms with Crippen LogP contribution < -0.4 is 20.4 Å². The Balaban J connectivity index is 1.65. The Labute approximate surface area is 180 Å². The molecule has 2 heterocycles. The van der Waals surface area contributed by atoms with E-state index in [1.54, 1.807) is 12.1 Å². The number of piperidine rings is 1. The largest absolute Gasteiger partial charge is 0.494 e. The van der Waals surface area contributed by atoms with Gasteiger partial charge in [0.1, 0.15) is 11.4 Å². The summed E-state index contributed by atoms with van der Waals surface area (Å²) in [5.41, 5.74) is 4.25. The third-order valence-electron chi connectivity index (χ3n) is 5.95. The molecule has 1 aromatic carbocycles. The molecular weight excluding hydrogens is 413 g/mol. The van der Waals surface area contributed by atoms with Gasteiger partial charge in [-0.05, 0) is 36.8 Å². The van der Waals surface area contributed by atoms with Crippen molar-refractivity contribution in [2.24, 2.45) is 5.92 Å². The van der Waals surface area contributed by atoms with Gasteiger partial charge >= 0.3 is 12.1 Å². The molecule has 7 nitrogen and oxygen atoms in total. The fraction of sp³-hybridized carbons (Fsp3) is 0.667. The van der Waals surface area contributed by atoms with Gasteiger partial charge in [0.25, 0.3) is 0 Å². The Hall–Kier alpha value is -2.20. The minimum atomic E-state index is -5.07. The molecule has 0 unspecified atom stereocenters. The Morgan fingerprint density at radius 3 is 2.45 bits per heavy atom. The van der Waals surface area contributed by atoms with Crippen LogP contribution in [0.4, 0.5) is 24.5 Å². The number of alkyl halides is 3. The van der Waals surface area contributed by atoms with Crippen molar-refractivity contribution in [1.29, 1.82) is 0 Å². The number of anilines is 2. The summed E-state index contributed by atoms with van der Waals surface area (Å²) in [5.74, 6) is -1.31. The number of hydrogen-bond donors (Lipinski definition) is 2. The van der Waals surface area contributed by atoms with Gasteiger partial charge in [0.2, 0.25) is 0 Å². The molecule has 0 aromatic heterocycles. The summed E-state index contributed by atoms with van der Waals surface area (Å²) in [6, 6.07) is 3.49. The highest BCUT2D eigenvalue weighted by Crippen LogP contribution is 2.36. The summed E-state index contributed by atoms with van der Waals surface area (Å²) in [5, 5.41) is 3.38. The monoisotopic (exact) mass is 444 g/mol. The lowest BCUT2D eigenvalue weighted by atomic mass is 9.94. The first kappa shape index (κ1) is 23.5. The first-order valence-corrected chi connectivity index (χ1v) is 10.7. The highest BCUT2D eigenvalue weighted by atomic mass is 19.4. The lowest BCUT2D eigenvalue weighted by Gasteiger charge is -2.38. The van der Waals surface area contributed by atoms with Gasteiger partial charge in [-0.2, -0.15) is 13.2 Å². The summed E-state index contributed by atoms with van der Waals surface area (Å²) in [6.45, 7) is 9.26. The summed E-state index contributed by atoms with van der Waals surface area (Å²) in [4.78, 5) is 20.0. The van der Waals surface area contributed by atoms with Gasteiger partial charge in [-0.25, -0.2) is 10.3 Å². The first-order chi connectivity index (χ1) is 14.8. The number of halogens is 3. The third kappa shape index (κ3) is 6.16. The predicted molar refractivity (Wildman–Crippen MR) is 112 cm³/mol. The van der Waals surface area contributed by atoms with E-state index >= 15 is 0 Å². The van der Waals surface area contributed by atoms with E-state index in [0.29, 0.717) is 18.1 Å². The minimum Gasteiger partial charge on any atom is -0.494 e. The molecule has 3 rings (SSSR count). The van der Waals surface area contributed by atoms with E-state index in [9.17, 15) is 18.0 Å². The van der Waals surface area contributed by atoms with Crippen LogP contribution in [-0.2, 0) is 16.1 Å². The molecule has 1 aromatic rings. The molecular formula is C21H31F3N4O3. The van der Waals surface area contributed by atoms with Crippen molar-refractivity contribution in [3.05, 3.63) is 17.7 Å². The van der Waals surface area contributed by atoms with E-state index < -0.39 is 12.1 Å². The molecule has 31 heavy (non-hydrogen) atoms. The van der Waals surface area contributed by atoms with Crippen LogP contribution in [0.2, 0.25) is 0 Å². The van der Waals surface area contributed by atoms with Gasteiger partial charge in [-0.3, -0.25) is 0 Å². The maximum Gasteiger partial charge on any atom is 0.493 e. The molecule has 0 amide bonds. The molecule has 0 atom stereocenters. The fourth-order valence-electron chi connectivity index (χ4n) is 4.21. The Kier molecular flexibility index (Phi) is 7.88. The van der Waals surface area contributed by atoms with Crippen LogP contribution in [0.25, 0.3) is 0 Å². The van der Waals surface area contributed by atoms with Crippen molar-refractivity contribution >= 4 is 17.3 Å². The lowest BCUT2D eigenvalue weighted by Crippen LogP contribution is -2.47. The summed E-state index contributed by atoms with van der Waals surface area (Å²) >= 11 is 0. The second kappa shape index (κ2) is 10.4. The molecule has 2 fully saturated rings. The lowest BCUT2D eigenvalue weighted by molar-refractivity contribution is -0.196. The molecule has 2 saturated heterocycles. The topological polar surface area (TPSA) is 66.1 Å². The maximum atomic E-state index is 12.4. The average Bonchev–Trinajstić information content (AvgIpc) is 2.77. The number of nitrogens with one attached hydrogen (secondary N) is 2. The number of ether oxygens (including phenoxy) is 1. The number of aryl methyl sites for hydroxylation is 1. The van der Waals surface area contributed by atoms with E-state index in [4.69, 9.17) is 4.74 Å². The van der Waals surface area contributed by atoms with Gasteiger partial charge in [-0.15, -0.1) is 0 Å². The number of carbonyl (C=O) groups excluding carboxylic acids is 1. The molecule has 174 valence electrons. The smallest absolute Gasteiger partial charge is 0.493 e. The standard InChI is InChI=1S/C21H31F3N4O3/c1-3-16-12-17(26-31-20(29)21(22,23)24)19(30-2)13-18(16)28-8-4-15(5-9-28)14-27-10-6-25-7-11-27/h12-13,15,25-26H,3-11,14H2,1-2H3. The van der Waals surface area contributed by atoms with Crippen molar-refractivity contribution in [2.45, 2.75) is 32.4 Å². The summed E-state index contributed by atoms with van der Waals surface area (Å²) in [6.07, 6.45) is -2.19. The number of methoxy groups -OCH3 is 1. The van der Waals surface area contributed by atoms with Crippen LogP contribution in [0.3, 0.4) is 0 Å². The number of hydrogen-bond acceptors (Lipinski definition) is 7. The van der Waals surface area contributed by atoms with E-state index in [-0.39, 0.29) is 5.69 Å². The maximum absolute atomic E-state index is 12.4. The van der Waals surface area contributed by atoms with E-state index in [1.165, 1.54) is 7.11 Å². The molecule has 0 radical (unpaired) electrons. The van der Waals surface area contributed by atoms with Crippen LogP contribution in [0.5, 0.6) is 5.75 Å². The summed E-state index contributed by atoms with van der Waals surface area (Å²) in [7, 11) is 1.43. The first-order valence-electron chi connectivity index (χ1n) is 10.7. The van der Waals surface area contributed by atoms with E-state index in [2.05, 4.69) is 25.4 Å². The van der Waals surface area contributed by atoms with Crippen LogP contribution in [0.15, 0.2) is 12.1 Å². The molecule has 2 N–H and O–H groups in total. The zero-order chi connectivity index (χ0) is 22.4. The second-order valence-electron chi connectivity index (χ2n) is 8.01. The van der Waals surface area contributed by atoms with Gasteiger partial charge in [0.05, 0.1) is 7.11 Å². The number of piperazine rings is 1. The zero-order valence-electron chi connectivity index (χ0n) is 18.1. The normalized spacial score (nSPS) is 18.7. The zero-order valence-corrected chi connectivity index (χ0v) is 18.1. The highest BCUT2D eigenvalue weighted by molar-refractivity contribution is 5.77. The van der Waals surface area contributed by atoms with Gasteiger partial charge in [0.15, 0.2) is 0 Å². The van der Waals surface area contributed by atoms with Crippen molar-refractivity contribution in [2.75, 3.05) is 63.3 Å². The van der Waals surface area contributed by atoms with Crippen LogP contribution in [0, 0.1) is 5.92 Å². The number of nitrogens with zero attached hydrogens (tertiary/aromatic N) is 2. The average molecular weight is 444 g/mol. The molecule has 10 heteroatoms. The molecule has 0 spiro atoms. The van der Waals surface area contributed by atoms with Crippen LogP contribution in [-0.4, -0.2) is 70.0 Å². The van der Waals surface area contributed by atoms with Gasteiger partial charge in [-0.1, -0.05) is 6.92 Å². The summed E-state index contributed by atoms with van der Waals surface area (Å²) < 4.78 is 42.6. The van der Waals surface area contributed by atoms with Crippen molar-refractivity contribution < 1.29 is 27.5 Å². The third-order valence-corrected chi connectivity index (χ3v) is 5.95. The predicted octanol–water partition coefficient (Wildman–Crippen LogP) is 2.81. The molecule has 2 aliphatic rings. The molecule has 0 bridgehead atoms. The van der Waals surface area contributed by atoms with Crippen molar-refractivity contribution in [3.63, 3.8) is 0 Å². The Morgan fingerprint density at radius 2 is 1.87 bits per heavy atom. The number of carbonyl (C=O) groups is 1. The van der Waals surface area contributed by atoms with Crippen molar-refractivity contribution in [3.8, 4) is 5.75 Å². The Morgan fingerprint density at radius 1 is 1.19 bits per heavy atom. The second-order valence-corrected chi connectivity index (χ2v) is 8.01. The number of benzene rings is 1. The number of rotatable bonds is 7. The minimum absolute atomic E-state index is 0.189. The molecule has 2 aliphatic heterocycles. The highest BCUT2D eigenvalue weighted by Gasteiger charge is 2.41. The van der Waals surface area contributed by atoms with Crippen molar-refractivity contribution in [1.82, 2.24) is 10.2 Å².